The van der Waals surface area contributed by atoms with E-state index in [0.29, 0.717) is 12.1 Å². The van der Waals surface area contributed by atoms with Crippen molar-refractivity contribution in [1.29, 1.82) is 0 Å². The number of nitrogens with one attached hydrogen (secondary N) is 1. The van der Waals surface area contributed by atoms with Gasteiger partial charge in [0.15, 0.2) is 0 Å². The van der Waals surface area contributed by atoms with E-state index in [1.807, 2.05) is 0 Å². The molecule has 60 valence electrons. The van der Waals surface area contributed by atoms with Crippen molar-refractivity contribution in [2.75, 3.05) is 20.3 Å². The quantitative estimate of drug-likeness (QED) is 0.575. The van der Waals surface area contributed by atoms with Gasteiger partial charge in [-0.05, 0) is 12.8 Å². The van der Waals surface area contributed by atoms with Crippen LogP contribution in [0, 0.1) is 0 Å². The Morgan fingerprint density at radius 1 is 1.50 bits per heavy atom. The topological polar surface area (TPSA) is 41.5 Å². The standard InChI is InChI=1S/C7H15NO2/c1-10-5-7-3-2-6(4-9)8-7/h6-9H,2-5H2,1H3/t6-,7-/m1/s1. The number of aliphatic hydroxyl groups is 1. The van der Waals surface area contributed by atoms with Crippen LogP contribution in [0.3, 0.4) is 0 Å². The van der Waals surface area contributed by atoms with Crippen LogP contribution in [0.5, 0.6) is 0 Å². The highest BCUT2D eigenvalue weighted by Gasteiger charge is 2.21. The third-order valence-electron chi connectivity index (χ3n) is 1.92. The zero-order valence-corrected chi connectivity index (χ0v) is 6.34. The predicted molar refractivity (Wildman–Crippen MR) is 38.9 cm³/mol. The maximum Gasteiger partial charge on any atom is 0.0615 e. The molecule has 1 rings (SSSR count). The summed E-state index contributed by atoms with van der Waals surface area (Å²) >= 11 is 0. The van der Waals surface area contributed by atoms with Crippen molar-refractivity contribution >= 4 is 0 Å². The van der Waals surface area contributed by atoms with E-state index in [2.05, 4.69) is 5.32 Å². The lowest BCUT2D eigenvalue weighted by molar-refractivity contribution is 0.167. The van der Waals surface area contributed by atoms with Gasteiger partial charge in [-0.15, -0.1) is 0 Å². The summed E-state index contributed by atoms with van der Waals surface area (Å²) in [6.45, 7) is 1.01. The van der Waals surface area contributed by atoms with Crippen LogP contribution >= 0.6 is 0 Å². The van der Waals surface area contributed by atoms with Gasteiger partial charge in [-0.3, -0.25) is 0 Å². The molecule has 0 aromatic rings. The second-order valence-electron chi connectivity index (χ2n) is 2.78. The molecule has 0 aromatic carbocycles. The Bertz CT molecular complexity index is 97.6. The molecule has 2 N–H and O–H groups in total. The van der Waals surface area contributed by atoms with E-state index < -0.39 is 0 Å². The molecule has 3 heteroatoms. The first-order valence-corrected chi connectivity index (χ1v) is 3.72. The number of hydrogen-bond acceptors (Lipinski definition) is 3. The molecule has 0 radical (unpaired) electrons. The van der Waals surface area contributed by atoms with E-state index in [1.54, 1.807) is 7.11 Å². The Balaban J connectivity index is 2.15. The number of ether oxygens (including phenoxy) is 1. The van der Waals surface area contributed by atoms with Gasteiger partial charge in [0.1, 0.15) is 0 Å². The van der Waals surface area contributed by atoms with Gasteiger partial charge in [0.25, 0.3) is 0 Å². The molecule has 0 spiro atoms. The van der Waals surface area contributed by atoms with Crippen LogP contribution in [-0.2, 0) is 4.74 Å². The molecule has 0 bridgehead atoms. The molecule has 1 aliphatic rings. The Morgan fingerprint density at radius 2 is 2.20 bits per heavy atom. The summed E-state index contributed by atoms with van der Waals surface area (Å²) in [7, 11) is 1.70. The molecule has 1 aliphatic heterocycles. The molecule has 0 unspecified atom stereocenters. The van der Waals surface area contributed by atoms with Crippen LogP contribution in [-0.4, -0.2) is 37.5 Å². The van der Waals surface area contributed by atoms with Crippen molar-refractivity contribution in [2.45, 2.75) is 24.9 Å². The molecule has 1 fully saturated rings. The average molecular weight is 145 g/mol. The SMILES string of the molecule is COC[C@H]1CC[C@H](CO)N1. The van der Waals surface area contributed by atoms with E-state index >= 15 is 0 Å². The molecule has 2 atom stereocenters. The van der Waals surface area contributed by atoms with Gasteiger partial charge in [0, 0.05) is 19.2 Å². The number of methoxy groups -OCH3 is 1. The van der Waals surface area contributed by atoms with Crippen LogP contribution in [0.1, 0.15) is 12.8 Å². The van der Waals surface area contributed by atoms with Gasteiger partial charge in [-0.1, -0.05) is 0 Å². The van der Waals surface area contributed by atoms with Gasteiger partial charge < -0.3 is 15.2 Å². The lowest BCUT2D eigenvalue weighted by atomic mass is 10.2. The molecule has 10 heavy (non-hydrogen) atoms. The molecule has 3 nitrogen and oxygen atoms in total. The molecule has 0 saturated carbocycles. The maximum atomic E-state index is 8.75. The predicted octanol–water partition coefficient (Wildman–Crippen LogP) is -0.254. The van der Waals surface area contributed by atoms with Gasteiger partial charge in [-0.2, -0.15) is 0 Å². The molecular weight excluding hydrogens is 130 g/mol. The Hall–Kier alpha value is -0.120. The number of hydrogen-bond donors (Lipinski definition) is 2. The van der Waals surface area contributed by atoms with Gasteiger partial charge in [0.2, 0.25) is 0 Å². The summed E-state index contributed by atoms with van der Waals surface area (Å²) in [4.78, 5) is 0. The zero-order valence-electron chi connectivity index (χ0n) is 6.34. The number of aliphatic hydroxyl groups excluding tert-OH is 1. The minimum absolute atomic E-state index is 0.250. The normalized spacial score (nSPS) is 33.0. The van der Waals surface area contributed by atoms with E-state index in [4.69, 9.17) is 9.84 Å². The van der Waals surface area contributed by atoms with Crippen molar-refractivity contribution < 1.29 is 9.84 Å². The monoisotopic (exact) mass is 145 g/mol. The minimum atomic E-state index is 0.250. The fraction of sp³-hybridized carbons (Fsp3) is 1.00. The van der Waals surface area contributed by atoms with Crippen molar-refractivity contribution in [3.63, 3.8) is 0 Å². The second kappa shape index (κ2) is 3.91. The Kier molecular flexibility index (Phi) is 3.12. The lowest BCUT2D eigenvalue weighted by Crippen LogP contribution is -2.34. The average Bonchev–Trinajstić information content (AvgIpc) is 2.37. The van der Waals surface area contributed by atoms with Crippen LogP contribution in [0.4, 0.5) is 0 Å². The first kappa shape index (κ1) is 7.98. The van der Waals surface area contributed by atoms with Crippen LogP contribution in [0.15, 0.2) is 0 Å². The van der Waals surface area contributed by atoms with E-state index in [0.717, 1.165) is 19.4 Å². The van der Waals surface area contributed by atoms with E-state index in [1.165, 1.54) is 0 Å². The summed E-state index contributed by atoms with van der Waals surface area (Å²) in [6, 6.07) is 0.766. The molecule has 1 heterocycles. The number of rotatable bonds is 3. The first-order chi connectivity index (χ1) is 4.86. The summed E-state index contributed by atoms with van der Waals surface area (Å²) < 4.78 is 4.97. The van der Waals surface area contributed by atoms with Crippen molar-refractivity contribution in [2.24, 2.45) is 0 Å². The molecule has 1 saturated heterocycles. The van der Waals surface area contributed by atoms with Gasteiger partial charge in [-0.25, -0.2) is 0 Å². The van der Waals surface area contributed by atoms with Crippen molar-refractivity contribution in [3.8, 4) is 0 Å². The second-order valence-corrected chi connectivity index (χ2v) is 2.78. The Labute approximate surface area is 61.4 Å². The smallest absolute Gasteiger partial charge is 0.0615 e. The largest absolute Gasteiger partial charge is 0.395 e. The third kappa shape index (κ3) is 1.94. The highest BCUT2D eigenvalue weighted by atomic mass is 16.5. The fourth-order valence-electron chi connectivity index (χ4n) is 1.38. The Morgan fingerprint density at radius 3 is 2.70 bits per heavy atom. The maximum absolute atomic E-state index is 8.75. The first-order valence-electron chi connectivity index (χ1n) is 3.72. The van der Waals surface area contributed by atoms with Gasteiger partial charge in [0.05, 0.1) is 13.2 Å². The van der Waals surface area contributed by atoms with Crippen molar-refractivity contribution in [1.82, 2.24) is 5.32 Å². The van der Waals surface area contributed by atoms with Crippen molar-refractivity contribution in [3.05, 3.63) is 0 Å². The summed E-state index contributed by atoms with van der Waals surface area (Å²) in [5.41, 5.74) is 0. The van der Waals surface area contributed by atoms with Crippen LogP contribution in [0.2, 0.25) is 0 Å². The zero-order chi connectivity index (χ0) is 7.40. The molecule has 0 aliphatic carbocycles. The molecule has 0 amide bonds. The molecular formula is C7H15NO2. The van der Waals surface area contributed by atoms with E-state index in [9.17, 15) is 0 Å². The van der Waals surface area contributed by atoms with Gasteiger partial charge >= 0.3 is 0 Å². The summed E-state index contributed by atoms with van der Waals surface area (Å²) in [5, 5.41) is 12.0. The minimum Gasteiger partial charge on any atom is -0.395 e. The van der Waals surface area contributed by atoms with Crippen LogP contribution < -0.4 is 5.32 Å². The van der Waals surface area contributed by atoms with E-state index in [-0.39, 0.29) is 6.61 Å². The molecule has 0 aromatic heterocycles. The highest BCUT2D eigenvalue weighted by Crippen LogP contribution is 2.11. The highest BCUT2D eigenvalue weighted by molar-refractivity contribution is 4.82. The third-order valence-corrected chi connectivity index (χ3v) is 1.92. The lowest BCUT2D eigenvalue weighted by Gasteiger charge is -2.10. The summed E-state index contributed by atoms with van der Waals surface area (Å²) in [6.07, 6.45) is 2.20. The summed E-state index contributed by atoms with van der Waals surface area (Å²) in [5.74, 6) is 0. The van der Waals surface area contributed by atoms with Crippen LogP contribution in [0.25, 0.3) is 0 Å². The fourth-order valence-corrected chi connectivity index (χ4v) is 1.38.